The van der Waals surface area contributed by atoms with E-state index in [4.69, 9.17) is 4.74 Å². The van der Waals surface area contributed by atoms with Crippen molar-refractivity contribution in [2.45, 2.75) is 45.6 Å². The molecule has 0 aliphatic carbocycles. The number of hydrogen-bond acceptors (Lipinski definition) is 6. The number of rotatable bonds is 7. The van der Waals surface area contributed by atoms with E-state index in [9.17, 15) is 4.79 Å². The monoisotopic (exact) mass is 409 g/mol. The Morgan fingerprint density at radius 1 is 1.41 bits per heavy atom. The maximum Gasteiger partial charge on any atom is 0.330 e. The molecular weight excluding hydrogens is 382 g/mol. The number of carbonyl (C=O) groups excluding carboxylic acids is 1. The third kappa shape index (κ3) is 5.18. The summed E-state index contributed by atoms with van der Waals surface area (Å²) in [5.74, 6) is 0. The van der Waals surface area contributed by atoms with Crippen LogP contribution in [0.25, 0.3) is 0 Å². The van der Waals surface area contributed by atoms with Crippen molar-refractivity contribution in [3.63, 3.8) is 0 Å². The Kier molecular flexibility index (Phi) is 7.03. The second kappa shape index (κ2) is 9.48. The van der Waals surface area contributed by atoms with Crippen LogP contribution in [0.5, 0.6) is 0 Å². The summed E-state index contributed by atoms with van der Waals surface area (Å²) >= 11 is 3.08. The molecule has 2 N–H and O–H groups in total. The minimum absolute atomic E-state index is 0.212. The van der Waals surface area contributed by atoms with E-state index in [1.165, 1.54) is 21.9 Å². The van der Waals surface area contributed by atoms with E-state index in [-0.39, 0.29) is 6.03 Å². The molecule has 0 bridgehead atoms. The molecule has 0 unspecified atom stereocenters. The molecule has 2 aromatic rings. The fraction of sp³-hybridized carbons (Fsp3) is 0.556. The number of hydrogen-bond donors (Lipinski definition) is 2. The third-order valence-electron chi connectivity index (χ3n) is 4.48. The highest BCUT2D eigenvalue weighted by Gasteiger charge is 2.24. The molecule has 1 fully saturated rings. The van der Waals surface area contributed by atoms with Crippen LogP contribution in [0.1, 0.15) is 36.4 Å². The van der Waals surface area contributed by atoms with E-state index < -0.39 is 0 Å². The molecule has 3 heterocycles. The summed E-state index contributed by atoms with van der Waals surface area (Å²) in [7, 11) is 1.89. The molecule has 2 amide bonds. The molecule has 0 spiro atoms. The van der Waals surface area contributed by atoms with Gasteiger partial charge in [0.15, 0.2) is 0 Å². The molecule has 2 aromatic heterocycles. The van der Waals surface area contributed by atoms with Gasteiger partial charge < -0.3 is 10.1 Å². The number of aromatic nitrogens is 2. The van der Waals surface area contributed by atoms with Gasteiger partial charge in [0.25, 0.3) is 0 Å². The van der Waals surface area contributed by atoms with Crippen LogP contribution in [0.2, 0.25) is 0 Å². The van der Waals surface area contributed by atoms with Gasteiger partial charge in [0.2, 0.25) is 0 Å². The van der Waals surface area contributed by atoms with Crippen LogP contribution in [-0.4, -0.2) is 35.1 Å². The highest BCUT2D eigenvalue weighted by Crippen LogP contribution is 2.30. The Morgan fingerprint density at radius 2 is 2.19 bits per heavy atom. The molecule has 7 nitrogen and oxygen atoms in total. The van der Waals surface area contributed by atoms with E-state index in [1.54, 1.807) is 16.0 Å². The lowest BCUT2D eigenvalue weighted by molar-refractivity contribution is 0.0879. The molecule has 148 valence electrons. The molecule has 1 aliphatic heterocycles. The zero-order valence-corrected chi connectivity index (χ0v) is 17.7. The zero-order chi connectivity index (χ0) is 19.2. The average Bonchev–Trinajstić information content (AvgIpc) is 3.28. The Morgan fingerprint density at radius 3 is 2.81 bits per heavy atom. The van der Waals surface area contributed by atoms with Gasteiger partial charge in [0.1, 0.15) is 0 Å². The molecule has 0 saturated carbocycles. The summed E-state index contributed by atoms with van der Waals surface area (Å²) in [6.45, 7) is 5.72. The number of amides is 2. The second-order valence-corrected chi connectivity index (χ2v) is 8.45. The van der Waals surface area contributed by atoms with Crippen molar-refractivity contribution in [2.24, 2.45) is 7.05 Å². The van der Waals surface area contributed by atoms with Crippen LogP contribution in [0.3, 0.4) is 0 Å². The topological polar surface area (TPSA) is 71.4 Å². The van der Waals surface area contributed by atoms with Crippen LogP contribution in [-0.2, 0) is 24.6 Å². The van der Waals surface area contributed by atoms with Gasteiger partial charge in [0, 0.05) is 42.3 Å². The van der Waals surface area contributed by atoms with Gasteiger partial charge in [-0.2, -0.15) is 5.10 Å². The zero-order valence-electron chi connectivity index (χ0n) is 16.0. The summed E-state index contributed by atoms with van der Waals surface area (Å²) in [6, 6.07) is 2.16. The highest BCUT2D eigenvalue weighted by molar-refractivity contribution is 7.99. The number of thiophene rings is 1. The summed E-state index contributed by atoms with van der Waals surface area (Å²) < 4.78 is 12.3. The maximum atomic E-state index is 12.5. The lowest BCUT2D eigenvalue weighted by atomic mass is 10.1. The minimum Gasteiger partial charge on any atom is -0.381 e. The number of nitrogens with one attached hydrogen (secondary N) is 2. The maximum absolute atomic E-state index is 12.5. The summed E-state index contributed by atoms with van der Waals surface area (Å²) in [4.78, 5) is 15.0. The first-order valence-electron chi connectivity index (χ1n) is 9.31. The van der Waals surface area contributed by atoms with Gasteiger partial charge in [-0.25, -0.2) is 4.79 Å². The first-order valence-corrected chi connectivity index (χ1v) is 10.9. The van der Waals surface area contributed by atoms with Gasteiger partial charge in [0.05, 0.1) is 29.7 Å². The lowest BCUT2D eigenvalue weighted by Crippen LogP contribution is -2.38. The van der Waals surface area contributed by atoms with Crippen LogP contribution >= 0.6 is 23.5 Å². The predicted molar refractivity (Wildman–Crippen MR) is 112 cm³/mol. The molecule has 0 atom stereocenters. The third-order valence-corrected chi connectivity index (χ3v) is 6.89. The Bertz CT molecular complexity index is 755. The standard InChI is InChI=1S/C18H27N5O2S2/c1-4-15-10-16(17(5-2)26-15)20-18(24)21-27-23(13-6-8-25-9-7-13)14-11-19-22(3)12-14/h10-13H,4-9H2,1-3H3,(H2,20,21,24). The number of ether oxygens (including phenoxy) is 1. The highest BCUT2D eigenvalue weighted by atomic mass is 32.2. The van der Waals surface area contributed by atoms with Gasteiger partial charge in [-0.3, -0.25) is 13.7 Å². The van der Waals surface area contributed by atoms with Crippen LogP contribution < -0.4 is 14.3 Å². The van der Waals surface area contributed by atoms with Gasteiger partial charge >= 0.3 is 6.03 Å². The Hall–Kier alpha value is -1.71. The smallest absolute Gasteiger partial charge is 0.330 e. The van der Waals surface area contributed by atoms with Crippen LogP contribution in [0, 0.1) is 0 Å². The molecule has 3 rings (SSSR count). The Labute approximate surface area is 168 Å². The van der Waals surface area contributed by atoms with Crippen molar-refractivity contribution in [3.05, 3.63) is 28.2 Å². The summed E-state index contributed by atoms with van der Waals surface area (Å²) in [5.41, 5.74) is 1.89. The van der Waals surface area contributed by atoms with Crippen molar-refractivity contribution >= 4 is 40.9 Å². The predicted octanol–water partition coefficient (Wildman–Crippen LogP) is 3.98. The largest absolute Gasteiger partial charge is 0.381 e. The number of urea groups is 1. The molecule has 0 aromatic carbocycles. The molecule has 1 saturated heterocycles. The van der Waals surface area contributed by atoms with Crippen molar-refractivity contribution in [3.8, 4) is 0 Å². The van der Waals surface area contributed by atoms with E-state index in [0.29, 0.717) is 6.04 Å². The van der Waals surface area contributed by atoms with Gasteiger partial charge in [-0.1, -0.05) is 13.8 Å². The fourth-order valence-electron chi connectivity index (χ4n) is 3.05. The lowest BCUT2D eigenvalue weighted by Gasteiger charge is -2.33. The van der Waals surface area contributed by atoms with E-state index in [0.717, 1.165) is 50.3 Å². The van der Waals surface area contributed by atoms with E-state index >= 15 is 0 Å². The van der Waals surface area contributed by atoms with Crippen LogP contribution in [0.4, 0.5) is 16.2 Å². The van der Waals surface area contributed by atoms with Crippen molar-refractivity contribution in [1.82, 2.24) is 14.5 Å². The Balaban J connectivity index is 1.64. The summed E-state index contributed by atoms with van der Waals surface area (Å²) in [5, 5.41) is 7.26. The van der Waals surface area contributed by atoms with Crippen molar-refractivity contribution in [1.29, 1.82) is 0 Å². The SMILES string of the molecule is CCc1cc(NC(=O)NSN(c2cnn(C)c2)C2CCOCC2)c(CC)s1. The first-order chi connectivity index (χ1) is 13.1. The van der Waals surface area contributed by atoms with Gasteiger partial charge in [-0.15, -0.1) is 11.3 Å². The van der Waals surface area contributed by atoms with Crippen LogP contribution in [0.15, 0.2) is 18.5 Å². The number of anilines is 2. The van der Waals surface area contributed by atoms with E-state index in [1.807, 2.05) is 19.4 Å². The van der Waals surface area contributed by atoms with Gasteiger partial charge in [-0.05, 0) is 31.7 Å². The molecular formula is C18H27N5O2S2. The number of carbonyl (C=O) groups is 1. The number of nitrogens with zero attached hydrogens (tertiary/aromatic N) is 3. The van der Waals surface area contributed by atoms with E-state index in [2.05, 4.69) is 39.4 Å². The first kappa shape index (κ1) is 20.0. The minimum atomic E-state index is -0.212. The van der Waals surface area contributed by atoms with Crippen molar-refractivity contribution in [2.75, 3.05) is 22.8 Å². The average molecular weight is 410 g/mol. The summed E-state index contributed by atoms with van der Waals surface area (Å²) in [6.07, 6.45) is 7.53. The molecule has 27 heavy (non-hydrogen) atoms. The normalized spacial score (nSPS) is 14.9. The molecule has 9 heteroatoms. The quantitative estimate of drug-likeness (QED) is 0.677. The second-order valence-electron chi connectivity index (χ2n) is 6.45. The molecule has 0 radical (unpaired) electrons. The van der Waals surface area contributed by atoms with Crippen molar-refractivity contribution < 1.29 is 9.53 Å². The molecule has 1 aliphatic rings. The fourth-order valence-corrected chi connectivity index (χ4v) is 4.84. The number of aryl methyl sites for hydroxylation is 3.